The van der Waals surface area contributed by atoms with Crippen molar-refractivity contribution in [3.8, 4) is 5.75 Å². The molecular formula is C17H21NO4S. The zero-order valence-electron chi connectivity index (χ0n) is 13.0. The summed E-state index contributed by atoms with van der Waals surface area (Å²) in [5.74, 6) is 0.495. The largest absolute Gasteiger partial charge is 0.484 e. The van der Waals surface area contributed by atoms with E-state index in [1.807, 2.05) is 48.0 Å². The van der Waals surface area contributed by atoms with Crippen molar-refractivity contribution < 1.29 is 19.4 Å². The van der Waals surface area contributed by atoms with Gasteiger partial charge in [0.15, 0.2) is 6.61 Å². The van der Waals surface area contributed by atoms with Crippen LogP contribution in [0.1, 0.15) is 17.2 Å². The lowest BCUT2D eigenvalue weighted by Gasteiger charge is -2.17. The van der Waals surface area contributed by atoms with Crippen LogP contribution in [0, 0.1) is 6.92 Å². The minimum atomic E-state index is -0.268. The van der Waals surface area contributed by atoms with Crippen molar-refractivity contribution in [3.63, 3.8) is 0 Å². The Morgan fingerprint density at radius 2 is 2.17 bits per heavy atom. The molecule has 0 aliphatic carbocycles. The zero-order valence-corrected chi connectivity index (χ0v) is 13.8. The Morgan fingerprint density at radius 1 is 1.35 bits per heavy atom. The van der Waals surface area contributed by atoms with Crippen molar-refractivity contribution in [2.24, 2.45) is 0 Å². The quantitative estimate of drug-likeness (QED) is 0.738. The predicted octanol–water partition coefficient (Wildman–Crippen LogP) is 2.30. The van der Waals surface area contributed by atoms with E-state index in [4.69, 9.17) is 14.6 Å². The van der Waals surface area contributed by atoms with E-state index in [9.17, 15) is 4.79 Å². The molecular weight excluding hydrogens is 314 g/mol. The summed E-state index contributed by atoms with van der Waals surface area (Å²) in [7, 11) is 0. The van der Waals surface area contributed by atoms with Crippen LogP contribution < -0.4 is 10.1 Å². The van der Waals surface area contributed by atoms with Crippen LogP contribution in [0.2, 0.25) is 0 Å². The van der Waals surface area contributed by atoms with E-state index < -0.39 is 0 Å². The Bertz CT molecular complexity index is 600. The summed E-state index contributed by atoms with van der Waals surface area (Å²) in [4.78, 5) is 11.9. The number of aliphatic hydroxyl groups excluding tert-OH is 1. The maximum Gasteiger partial charge on any atom is 0.258 e. The molecule has 0 saturated heterocycles. The summed E-state index contributed by atoms with van der Waals surface area (Å²) in [6.45, 7) is 2.41. The minimum Gasteiger partial charge on any atom is -0.484 e. The highest BCUT2D eigenvalue weighted by atomic mass is 32.1. The van der Waals surface area contributed by atoms with Gasteiger partial charge in [-0.05, 0) is 40.9 Å². The summed E-state index contributed by atoms with van der Waals surface area (Å²) < 4.78 is 11.1. The topological polar surface area (TPSA) is 67.8 Å². The van der Waals surface area contributed by atoms with Gasteiger partial charge in [0.25, 0.3) is 5.91 Å². The van der Waals surface area contributed by atoms with Crippen LogP contribution >= 0.6 is 11.3 Å². The highest BCUT2D eigenvalue weighted by Gasteiger charge is 2.14. The molecule has 0 aliphatic heterocycles. The summed E-state index contributed by atoms with van der Waals surface area (Å²) >= 11 is 1.56. The minimum absolute atomic E-state index is 0.0405. The SMILES string of the molecule is Cc1ccccc1OCC(=O)NC[C@@H](OCCO)c1ccsc1. The van der Waals surface area contributed by atoms with E-state index in [1.165, 1.54) is 0 Å². The number of carbonyl (C=O) groups is 1. The van der Waals surface area contributed by atoms with Crippen molar-refractivity contribution in [1.29, 1.82) is 0 Å². The lowest BCUT2D eigenvalue weighted by atomic mass is 10.2. The maximum absolute atomic E-state index is 11.9. The first-order valence-corrected chi connectivity index (χ1v) is 8.34. The molecule has 2 rings (SSSR count). The monoisotopic (exact) mass is 335 g/mol. The first-order chi connectivity index (χ1) is 11.2. The zero-order chi connectivity index (χ0) is 16.5. The number of nitrogens with one attached hydrogen (secondary N) is 1. The molecule has 1 aromatic carbocycles. The molecule has 124 valence electrons. The van der Waals surface area contributed by atoms with Gasteiger partial charge in [0, 0.05) is 6.54 Å². The number of hydrogen-bond acceptors (Lipinski definition) is 5. The van der Waals surface area contributed by atoms with E-state index in [2.05, 4.69) is 5.32 Å². The standard InChI is InChI=1S/C17H21NO4S/c1-13-4-2-3-5-15(13)22-11-17(20)18-10-16(21-8-7-19)14-6-9-23-12-14/h2-6,9,12,16,19H,7-8,10-11H2,1H3,(H,18,20)/t16-/m1/s1. The molecule has 0 radical (unpaired) electrons. The number of rotatable bonds is 9. The Morgan fingerprint density at radius 3 is 2.87 bits per heavy atom. The van der Waals surface area contributed by atoms with Crippen molar-refractivity contribution in [2.45, 2.75) is 13.0 Å². The number of thiophene rings is 1. The van der Waals surface area contributed by atoms with Gasteiger partial charge in [-0.3, -0.25) is 4.79 Å². The van der Waals surface area contributed by atoms with E-state index in [0.29, 0.717) is 12.3 Å². The third-order valence-corrected chi connectivity index (χ3v) is 3.96. The number of ether oxygens (including phenoxy) is 2. The molecule has 6 heteroatoms. The van der Waals surface area contributed by atoms with Crippen LogP contribution in [-0.4, -0.2) is 37.4 Å². The van der Waals surface area contributed by atoms with Gasteiger partial charge in [-0.1, -0.05) is 18.2 Å². The highest BCUT2D eigenvalue weighted by molar-refractivity contribution is 7.07. The van der Waals surface area contributed by atoms with Crippen LogP contribution in [0.25, 0.3) is 0 Å². The first kappa shape index (κ1) is 17.5. The molecule has 2 aromatic rings. The third-order valence-electron chi connectivity index (χ3n) is 3.26. The van der Waals surface area contributed by atoms with E-state index in [1.54, 1.807) is 11.3 Å². The van der Waals surface area contributed by atoms with Gasteiger partial charge < -0.3 is 19.9 Å². The average molecular weight is 335 g/mol. The van der Waals surface area contributed by atoms with Crippen molar-refractivity contribution in [1.82, 2.24) is 5.32 Å². The number of aryl methyl sites for hydroxylation is 1. The number of hydrogen-bond donors (Lipinski definition) is 2. The van der Waals surface area contributed by atoms with Gasteiger partial charge in [0.1, 0.15) is 11.9 Å². The smallest absolute Gasteiger partial charge is 0.258 e. The highest BCUT2D eigenvalue weighted by Crippen LogP contribution is 2.19. The molecule has 0 fully saturated rings. The summed E-state index contributed by atoms with van der Waals surface area (Å²) in [6.07, 6.45) is -0.268. The van der Waals surface area contributed by atoms with Gasteiger partial charge in [0.05, 0.1) is 13.2 Å². The predicted molar refractivity (Wildman–Crippen MR) is 89.8 cm³/mol. The Balaban J connectivity index is 1.80. The molecule has 0 spiro atoms. The van der Waals surface area contributed by atoms with Gasteiger partial charge in [-0.15, -0.1) is 0 Å². The molecule has 0 bridgehead atoms. The van der Waals surface area contributed by atoms with Crippen LogP contribution in [0.4, 0.5) is 0 Å². The van der Waals surface area contributed by atoms with Crippen LogP contribution in [0.3, 0.4) is 0 Å². The number of amides is 1. The van der Waals surface area contributed by atoms with Gasteiger partial charge >= 0.3 is 0 Å². The second-order valence-electron chi connectivity index (χ2n) is 5.00. The van der Waals surface area contributed by atoms with Crippen LogP contribution in [0.5, 0.6) is 5.75 Å². The Labute approximate surface area is 139 Å². The molecule has 23 heavy (non-hydrogen) atoms. The molecule has 0 aliphatic rings. The van der Waals surface area contributed by atoms with Crippen LogP contribution in [0.15, 0.2) is 41.1 Å². The lowest BCUT2D eigenvalue weighted by Crippen LogP contribution is -2.33. The molecule has 1 amide bonds. The maximum atomic E-state index is 11.9. The van der Waals surface area contributed by atoms with Gasteiger partial charge in [-0.25, -0.2) is 0 Å². The number of benzene rings is 1. The Hall–Kier alpha value is -1.89. The third kappa shape index (κ3) is 5.67. The van der Waals surface area contributed by atoms with Crippen molar-refractivity contribution in [3.05, 3.63) is 52.2 Å². The summed E-state index contributed by atoms with van der Waals surface area (Å²) in [5, 5.41) is 15.6. The fourth-order valence-electron chi connectivity index (χ4n) is 2.05. The van der Waals surface area contributed by atoms with Crippen LogP contribution in [-0.2, 0) is 9.53 Å². The number of aliphatic hydroxyl groups is 1. The fourth-order valence-corrected chi connectivity index (χ4v) is 2.75. The normalized spacial score (nSPS) is 11.9. The molecule has 1 heterocycles. The Kier molecular flexibility index (Phi) is 7.06. The van der Waals surface area contributed by atoms with E-state index in [0.717, 1.165) is 11.1 Å². The fraction of sp³-hybridized carbons (Fsp3) is 0.353. The number of para-hydroxylation sites is 1. The average Bonchev–Trinajstić information content (AvgIpc) is 3.08. The second kappa shape index (κ2) is 9.29. The van der Waals surface area contributed by atoms with Crippen molar-refractivity contribution >= 4 is 17.2 Å². The van der Waals surface area contributed by atoms with Gasteiger partial charge in [0.2, 0.25) is 0 Å². The van der Waals surface area contributed by atoms with E-state index >= 15 is 0 Å². The first-order valence-electron chi connectivity index (χ1n) is 7.40. The van der Waals surface area contributed by atoms with E-state index in [-0.39, 0.29) is 31.8 Å². The van der Waals surface area contributed by atoms with Crippen molar-refractivity contribution in [2.75, 3.05) is 26.4 Å². The molecule has 1 aromatic heterocycles. The molecule has 2 N–H and O–H groups in total. The molecule has 5 nitrogen and oxygen atoms in total. The molecule has 0 unspecified atom stereocenters. The second-order valence-corrected chi connectivity index (χ2v) is 5.78. The summed E-state index contributed by atoms with van der Waals surface area (Å²) in [5.41, 5.74) is 1.98. The lowest BCUT2D eigenvalue weighted by molar-refractivity contribution is -0.123. The molecule has 1 atom stereocenters. The molecule has 0 saturated carbocycles. The van der Waals surface area contributed by atoms with Gasteiger partial charge in [-0.2, -0.15) is 11.3 Å². The summed E-state index contributed by atoms with van der Waals surface area (Å²) in [6, 6.07) is 9.51. The number of carbonyl (C=O) groups excluding carboxylic acids is 1.